The van der Waals surface area contributed by atoms with E-state index in [1.807, 2.05) is 25.1 Å². The minimum atomic E-state index is 0.656. The Hall–Kier alpha value is -2.34. The fraction of sp³-hybridized carbons (Fsp3) is 0.565. The number of fused-ring (bicyclic) bond motifs is 3. The van der Waals surface area contributed by atoms with E-state index >= 15 is 0 Å². The van der Waals surface area contributed by atoms with Crippen molar-refractivity contribution in [3.8, 4) is 5.75 Å². The van der Waals surface area contributed by atoms with Crippen LogP contribution in [-0.4, -0.2) is 52.6 Å². The Morgan fingerprint density at radius 3 is 2.48 bits per heavy atom. The Morgan fingerprint density at radius 2 is 1.76 bits per heavy atom. The van der Waals surface area contributed by atoms with E-state index in [9.17, 15) is 0 Å². The summed E-state index contributed by atoms with van der Waals surface area (Å²) in [5.41, 5.74) is 2.95. The van der Waals surface area contributed by atoms with Crippen molar-refractivity contribution in [3.05, 3.63) is 24.5 Å². The molecule has 158 valence electrons. The second-order valence-corrected chi connectivity index (χ2v) is 7.54. The van der Waals surface area contributed by atoms with E-state index < -0.39 is 0 Å². The molecule has 2 N–H and O–H groups in total. The monoisotopic (exact) mass is 397 g/mol. The highest BCUT2D eigenvalue weighted by Crippen LogP contribution is 2.30. The number of hydrogen-bond acceptors (Lipinski definition) is 5. The summed E-state index contributed by atoms with van der Waals surface area (Å²) in [6, 6.07) is 6.09. The fourth-order valence-electron chi connectivity index (χ4n) is 3.67. The predicted molar refractivity (Wildman–Crippen MR) is 122 cm³/mol. The van der Waals surface area contributed by atoms with Crippen molar-refractivity contribution in [2.75, 3.05) is 38.1 Å². The molecule has 3 rings (SSSR count). The van der Waals surface area contributed by atoms with Crippen LogP contribution in [0.2, 0.25) is 0 Å². The number of anilines is 1. The van der Waals surface area contributed by atoms with Crippen molar-refractivity contribution >= 4 is 27.8 Å². The molecule has 0 aliphatic heterocycles. The van der Waals surface area contributed by atoms with Gasteiger partial charge in [0, 0.05) is 17.4 Å². The third kappa shape index (κ3) is 5.60. The maximum Gasteiger partial charge on any atom is 0.153 e. The second kappa shape index (κ2) is 11.0. The van der Waals surface area contributed by atoms with Crippen LogP contribution in [-0.2, 0) is 0 Å². The van der Waals surface area contributed by atoms with E-state index in [-0.39, 0.29) is 0 Å². The summed E-state index contributed by atoms with van der Waals surface area (Å²) in [6.07, 6.45) is 7.81. The summed E-state index contributed by atoms with van der Waals surface area (Å²) >= 11 is 0. The van der Waals surface area contributed by atoms with Crippen molar-refractivity contribution in [1.82, 2.24) is 19.9 Å². The van der Waals surface area contributed by atoms with Crippen LogP contribution in [0.15, 0.2) is 24.5 Å². The molecule has 29 heavy (non-hydrogen) atoms. The van der Waals surface area contributed by atoms with Gasteiger partial charge in [-0.15, -0.1) is 0 Å². The molecule has 0 bridgehead atoms. The quantitative estimate of drug-likeness (QED) is 0.387. The lowest BCUT2D eigenvalue weighted by Crippen LogP contribution is -2.28. The molecule has 1 aromatic carbocycles. The topological polar surface area (TPSA) is 66.1 Å². The van der Waals surface area contributed by atoms with E-state index in [0.717, 1.165) is 53.0 Å². The van der Waals surface area contributed by atoms with Gasteiger partial charge in [0.1, 0.15) is 23.1 Å². The van der Waals surface area contributed by atoms with Crippen LogP contribution in [0.1, 0.15) is 52.9 Å². The molecular formula is C23H35N5O. The van der Waals surface area contributed by atoms with Gasteiger partial charge in [0.2, 0.25) is 0 Å². The number of benzene rings is 1. The standard InChI is InChI=1S/C23H35N5O/c1-4-7-13-28(14-8-5-2)15-9-12-24-23-22-21(25-17-26-23)19-16-18(29-6-3)10-11-20(19)27-22/h10-11,16-17,27H,4-9,12-15H2,1-3H3,(H,24,25,26). The molecule has 0 aliphatic rings. The van der Waals surface area contributed by atoms with Crippen LogP contribution in [0.4, 0.5) is 5.82 Å². The maximum absolute atomic E-state index is 5.64. The average Bonchev–Trinajstić information content (AvgIpc) is 3.11. The van der Waals surface area contributed by atoms with Crippen LogP contribution in [0.5, 0.6) is 5.75 Å². The van der Waals surface area contributed by atoms with Gasteiger partial charge in [-0.25, -0.2) is 9.97 Å². The van der Waals surface area contributed by atoms with Gasteiger partial charge in [-0.05, 0) is 64.0 Å². The first-order valence-electron chi connectivity index (χ1n) is 11.1. The molecule has 0 saturated heterocycles. The van der Waals surface area contributed by atoms with Gasteiger partial charge in [0.25, 0.3) is 0 Å². The molecule has 0 amide bonds. The largest absolute Gasteiger partial charge is 0.494 e. The Bertz CT molecular complexity index is 883. The minimum Gasteiger partial charge on any atom is -0.494 e. The van der Waals surface area contributed by atoms with Crippen LogP contribution >= 0.6 is 0 Å². The lowest BCUT2D eigenvalue weighted by Gasteiger charge is -2.22. The second-order valence-electron chi connectivity index (χ2n) is 7.54. The van der Waals surface area contributed by atoms with E-state index in [1.165, 1.54) is 38.8 Å². The number of unbranched alkanes of at least 4 members (excludes halogenated alkanes) is 2. The molecule has 0 fully saturated rings. The highest BCUT2D eigenvalue weighted by Gasteiger charge is 2.11. The van der Waals surface area contributed by atoms with Crippen molar-refractivity contribution in [2.45, 2.75) is 52.9 Å². The zero-order valence-electron chi connectivity index (χ0n) is 18.1. The molecule has 0 radical (unpaired) electrons. The molecular weight excluding hydrogens is 362 g/mol. The molecule has 2 aromatic heterocycles. The van der Waals surface area contributed by atoms with Gasteiger partial charge in [-0.3, -0.25) is 0 Å². The zero-order chi connectivity index (χ0) is 20.5. The third-order valence-electron chi connectivity index (χ3n) is 5.26. The molecule has 6 heteroatoms. The van der Waals surface area contributed by atoms with E-state index in [1.54, 1.807) is 6.33 Å². The van der Waals surface area contributed by atoms with Crippen LogP contribution in [0.3, 0.4) is 0 Å². The molecule has 0 unspecified atom stereocenters. The van der Waals surface area contributed by atoms with E-state index in [4.69, 9.17) is 4.74 Å². The normalized spacial score (nSPS) is 11.6. The summed E-state index contributed by atoms with van der Waals surface area (Å²) in [4.78, 5) is 15.1. The van der Waals surface area contributed by atoms with Crippen LogP contribution < -0.4 is 10.1 Å². The Morgan fingerprint density at radius 1 is 1.00 bits per heavy atom. The average molecular weight is 398 g/mol. The lowest BCUT2D eigenvalue weighted by molar-refractivity contribution is 0.264. The van der Waals surface area contributed by atoms with Crippen molar-refractivity contribution in [2.24, 2.45) is 0 Å². The molecule has 3 aromatic rings. The van der Waals surface area contributed by atoms with E-state index in [2.05, 4.69) is 39.0 Å². The van der Waals surface area contributed by atoms with Crippen molar-refractivity contribution < 1.29 is 4.74 Å². The molecule has 0 aliphatic carbocycles. The number of rotatable bonds is 13. The van der Waals surface area contributed by atoms with Crippen LogP contribution in [0, 0.1) is 0 Å². The summed E-state index contributed by atoms with van der Waals surface area (Å²) < 4.78 is 5.64. The van der Waals surface area contributed by atoms with Crippen molar-refractivity contribution in [3.63, 3.8) is 0 Å². The van der Waals surface area contributed by atoms with Crippen LogP contribution in [0.25, 0.3) is 21.9 Å². The van der Waals surface area contributed by atoms with E-state index in [0.29, 0.717) is 6.61 Å². The molecule has 0 spiro atoms. The summed E-state index contributed by atoms with van der Waals surface area (Å²) in [5, 5.41) is 4.59. The molecule has 0 saturated carbocycles. The van der Waals surface area contributed by atoms with Crippen molar-refractivity contribution in [1.29, 1.82) is 0 Å². The van der Waals surface area contributed by atoms with Gasteiger partial charge in [0.05, 0.1) is 6.61 Å². The zero-order valence-corrected chi connectivity index (χ0v) is 18.1. The highest BCUT2D eigenvalue weighted by atomic mass is 16.5. The Kier molecular flexibility index (Phi) is 8.11. The minimum absolute atomic E-state index is 0.656. The Labute approximate surface area is 174 Å². The number of aromatic nitrogens is 3. The lowest BCUT2D eigenvalue weighted by atomic mass is 10.2. The number of nitrogens with one attached hydrogen (secondary N) is 2. The summed E-state index contributed by atoms with van der Waals surface area (Å²) in [5.74, 6) is 1.74. The smallest absolute Gasteiger partial charge is 0.153 e. The maximum atomic E-state index is 5.64. The number of aromatic amines is 1. The first-order chi connectivity index (χ1) is 14.3. The number of nitrogens with zero attached hydrogens (tertiary/aromatic N) is 3. The fourth-order valence-corrected chi connectivity index (χ4v) is 3.67. The predicted octanol–water partition coefficient (Wildman–Crippen LogP) is 5.21. The van der Waals surface area contributed by atoms with Gasteiger partial charge in [0.15, 0.2) is 5.82 Å². The number of hydrogen-bond donors (Lipinski definition) is 2. The number of H-pyrrole nitrogens is 1. The number of ether oxygens (including phenoxy) is 1. The molecule has 2 heterocycles. The van der Waals surface area contributed by atoms with Gasteiger partial charge in [-0.1, -0.05) is 26.7 Å². The Balaban J connectivity index is 1.64. The first kappa shape index (κ1) is 21.4. The molecule has 6 nitrogen and oxygen atoms in total. The van der Waals surface area contributed by atoms with Gasteiger partial charge in [-0.2, -0.15) is 0 Å². The first-order valence-corrected chi connectivity index (χ1v) is 11.1. The van der Waals surface area contributed by atoms with Gasteiger partial charge >= 0.3 is 0 Å². The van der Waals surface area contributed by atoms with Gasteiger partial charge < -0.3 is 19.9 Å². The third-order valence-corrected chi connectivity index (χ3v) is 5.26. The summed E-state index contributed by atoms with van der Waals surface area (Å²) in [7, 11) is 0. The SMILES string of the molecule is CCCCN(CCCC)CCCNc1ncnc2c1[nH]c1ccc(OCC)cc12. The summed E-state index contributed by atoms with van der Waals surface area (Å²) in [6.45, 7) is 11.6. The highest BCUT2D eigenvalue weighted by molar-refractivity contribution is 6.08. The molecule has 0 atom stereocenters.